The predicted octanol–water partition coefficient (Wildman–Crippen LogP) is 2.81. The Bertz CT molecular complexity index is 729. The molecule has 1 fully saturated rings. The molecule has 0 aliphatic carbocycles. The summed E-state index contributed by atoms with van der Waals surface area (Å²) in [7, 11) is 0. The van der Waals surface area contributed by atoms with E-state index in [1.165, 1.54) is 0 Å². The summed E-state index contributed by atoms with van der Waals surface area (Å²) in [6, 6.07) is 4.08. The lowest BCUT2D eigenvalue weighted by molar-refractivity contribution is 0.322. The van der Waals surface area contributed by atoms with Crippen molar-refractivity contribution >= 4 is 21.6 Å². The number of pyridine rings is 1. The van der Waals surface area contributed by atoms with Crippen LogP contribution < -0.4 is 5.32 Å². The molecule has 20 heavy (non-hydrogen) atoms. The Balaban J connectivity index is 1.66. The molecular formula is C14H14N4OS. The molecule has 0 radical (unpaired) electrons. The van der Waals surface area contributed by atoms with E-state index in [1.807, 2.05) is 17.6 Å². The van der Waals surface area contributed by atoms with E-state index < -0.39 is 0 Å². The Kier molecular flexibility index (Phi) is 2.97. The smallest absolute Gasteiger partial charge is 0.231 e. The average molecular weight is 286 g/mol. The van der Waals surface area contributed by atoms with Crippen molar-refractivity contribution in [1.82, 2.24) is 20.4 Å². The Labute approximate surface area is 120 Å². The molecule has 6 heteroatoms. The summed E-state index contributed by atoms with van der Waals surface area (Å²) in [5, 5.41) is 9.51. The van der Waals surface area contributed by atoms with Gasteiger partial charge in [0.2, 0.25) is 11.7 Å². The highest BCUT2D eigenvalue weighted by molar-refractivity contribution is 7.17. The van der Waals surface area contributed by atoms with Crippen molar-refractivity contribution in [3.63, 3.8) is 0 Å². The number of aromatic nitrogens is 3. The summed E-state index contributed by atoms with van der Waals surface area (Å²) in [6.45, 7) is 2.00. The highest BCUT2D eigenvalue weighted by atomic mass is 32.1. The van der Waals surface area contributed by atoms with Gasteiger partial charge in [-0.25, -0.2) is 0 Å². The average Bonchev–Trinajstić information content (AvgIpc) is 3.16. The first-order valence-corrected chi connectivity index (χ1v) is 7.66. The summed E-state index contributed by atoms with van der Waals surface area (Å²) in [6.07, 6.45) is 4.07. The second-order valence-electron chi connectivity index (χ2n) is 5.03. The Morgan fingerprint density at radius 1 is 1.40 bits per heavy atom. The first-order chi connectivity index (χ1) is 9.90. The van der Waals surface area contributed by atoms with Crippen LogP contribution in [-0.4, -0.2) is 28.2 Å². The molecular weight excluding hydrogens is 272 g/mol. The standard InChI is InChI=1S/C14H14N4OS/c1-2-9(7-15-4-1)14-17-13(18-19-14)10-6-12-11(16-8-10)3-5-20-12/h3,5-6,8-9,15H,1-2,4,7H2. The third-order valence-corrected chi connectivity index (χ3v) is 4.50. The lowest BCUT2D eigenvalue weighted by atomic mass is 10.00. The van der Waals surface area contributed by atoms with Crippen LogP contribution in [0.25, 0.3) is 21.6 Å². The molecule has 0 saturated carbocycles. The summed E-state index contributed by atoms with van der Waals surface area (Å²) < 4.78 is 6.57. The first kappa shape index (κ1) is 12.0. The number of hydrogen-bond acceptors (Lipinski definition) is 6. The van der Waals surface area contributed by atoms with Crippen molar-refractivity contribution in [3.05, 3.63) is 29.6 Å². The van der Waals surface area contributed by atoms with Gasteiger partial charge in [-0.15, -0.1) is 11.3 Å². The molecule has 4 heterocycles. The minimum Gasteiger partial charge on any atom is -0.339 e. The zero-order valence-corrected chi connectivity index (χ0v) is 11.7. The number of rotatable bonds is 2. The summed E-state index contributed by atoms with van der Waals surface area (Å²) in [4.78, 5) is 8.96. The van der Waals surface area contributed by atoms with E-state index in [0.717, 1.165) is 47.6 Å². The van der Waals surface area contributed by atoms with Crippen molar-refractivity contribution < 1.29 is 4.52 Å². The van der Waals surface area contributed by atoms with Gasteiger partial charge in [0.1, 0.15) is 0 Å². The van der Waals surface area contributed by atoms with E-state index in [1.54, 1.807) is 11.3 Å². The fourth-order valence-corrected chi connectivity index (χ4v) is 3.33. The maximum absolute atomic E-state index is 5.43. The highest BCUT2D eigenvalue weighted by Gasteiger charge is 2.21. The van der Waals surface area contributed by atoms with Crippen LogP contribution in [0.2, 0.25) is 0 Å². The minimum absolute atomic E-state index is 0.337. The maximum Gasteiger partial charge on any atom is 0.231 e. The lowest BCUT2D eigenvalue weighted by Crippen LogP contribution is -2.28. The van der Waals surface area contributed by atoms with Crippen molar-refractivity contribution in [1.29, 1.82) is 0 Å². The third-order valence-electron chi connectivity index (χ3n) is 3.65. The number of hydrogen-bond donors (Lipinski definition) is 1. The Hall–Kier alpha value is -1.79. The number of nitrogens with one attached hydrogen (secondary N) is 1. The highest BCUT2D eigenvalue weighted by Crippen LogP contribution is 2.27. The van der Waals surface area contributed by atoms with Gasteiger partial charge in [-0.05, 0) is 36.9 Å². The zero-order chi connectivity index (χ0) is 13.4. The molecule has 1 aliphatic heterocycles. The topological polar surface area (TPSA) is 63.8 Å². The van der Waals surface area contributed by atoms with Crippen LogP contribution in [0.1, 0.15) is 24.7 Å². The minimum atomic E-state index is 0.337. The van der Waals surface area contributed by atoms with Gasteiger partial charge in [0, 0.05) is 18.3 Å². The second-order valence-corrected chi connectivity index (χ2v) is 5.98. The van der Waals surface area contributed by atoms with Crippen LogP contribution in [0.3, 0.4) is 0 Å². The number of fused-ring (bicyclic) bond motifs is 1. The molecule has 1 unspecified atom stereocenters. The normalized spacial score (nSPS) is 19.5. The molecule has 5 nitrogen and oxygen atoms in total. The zero-order valence-electron chi connectivity index (χ0n) is 10.9. The third kappa shape index (κ3) is 2.10. The van der Waals surface area contributed by atoms with Gasteiger partial charge < -0.3 is 9.84 Å². The number of nitrogens with zero attached hydrogens (tertiary/aromatic N) is 3. The van der Waals surface area contributed by atoms with Crippen LogP contribution in [-0.2, 0) is 0 Å². The number of piperidine rings is 1. The maximum atomic E-state index is 5.43. The molecule has 1 saturated heterocycles. The Morgan fingerprint density at radius 2 is 2.40 bits per heavy atom. The monoisotopic (exact) mass is 286 g/mol. The van der Waals surface area contributed by atoms with Crippen LogP contribution in [0.4, 0.5) is 0 Å². The summed E-state index contributed by atoms with van der Waals surface area (Å²) in [5.74, 6) is 1.70. The molecule has 0 bridgehead atoms. The SMILES string of the molecule is c1cc2ncc(-c3noc(C4CCCNC4)n3)cc2s1. The first-order valence-electron chi connectivity index (χ1n) is 6.78. The van der Waals surface area contributed by atoms with Crippen LogP contribution in [0, 0.1) is 0 Å². The van der Waals surface area contributed by atoms with Crippen molar-refractivity contribution in [2.24, 2.45) is 0 Å². The fourth-order valence-electron chi connectivity index (χ4n) is 2.55. The summed E-state index contributed by atoms with van der Waals surface area (Å²) >= 11 is 1.67. The quantitative estimate of drug-likeness (QED) is 0.784. The Morgan fingerprint density at radius 3 is 3.30 bits per heavy atom. The fraction of sp³-hybridized carbons (Fsp3) is 0.357. The van der Waals surface area contributed by atoms with Crippen molar-refractivity contribution in [2.75, 3.05) is 13.1 Å². The summed E-state index contributed by atoms with van der Waals surface area (Å²) in [5.41, 5.74) is 1.93. The van der Waals surface area contributed by atoms with Gasteiger partial charge >= 0.3 is 0 Å². The molecule has 4 rings (SSSR count). The number of thiophene rings is 1. The predicted molar refractivity (Wildman–Crippen MR) is 77.8 cm³/mol. The lowest BCUT2D eigenvalue weighted by Gasteiger charge is -2.18. The van der Waals surface area contributed by atoms with Gasteiger partial charge in [0.25, 0.3) is 0 Å². The van der Waals surface area contributed by atoms with Crippen molar-refractivity contribution in [3.8, 4) is 11.4 Å². The van der Waals surface area contributed by atoms with Gasteiger partial charge in [-0.3, -0.25) is 4.98 Å². The van der Waals surface area contributed by atoms with Gasteiger partial charge in [0.05, 0.1) is 16.1 Å². The van der Waals surface area contributed by atoms with E-state index in [2.05, 4.69) is 26.5 Å². The molecule has 0 spiro atoms. The molecule has 102 valence electrons. The van der Waals surface area contributed by atoms with Gasteiger partial charge in [-0.2, -0.15) is 4.98 Å². The molecule has 3 aromatic heterocycles. The second kappa shape index (κ2) is 4.96. The van der Waals surface area contributed by atoms with E-state index in [9.17, 15) is 0 Å². The molecule has 3 aromatic rings. The molecule has 0 amide bonds. The molecule has 1 atom stereocenters. The largest absolute Gasteiger partial charge is 0.339 e. The van der Waals surface area contributed by atoms with Gasteiger partial charge in [0.15, 0.2) is 0 Å². The van der Waals surface area contributed by atoms with E-state index in [0.29, 0.717) is 11.7 Å². The molecule has 1 aliphatic rings. The molecule has 0 aromatic carbocycles. The molecule has 1 N–H and O–H groups in total. The van der Waals surface area contributed by atoms with Crippen LogP contribution in [0.5, 0.6) is 0 Å². The van der Waals surface area contributed by atoms with Crippen LogP contribution in [0.15, 0.2) is 28.2 Å². The van der Waals surface area contributed by atoms with E-state index >= 15 is 0 Å². The van der Waals surface area contributed by atoms with Crippen molar-refractivity contribution in [2.45, 2.75) is 18.8 Å². The van der Waals surface area contributed by atoms with Crippen LogP contribution >= 0.6 is 11.3 Å². The van der Waals surface area contributed by atoms with E-state index in [4.69, 9.17) is 4.52 Å². The van der Waals surface area contributed by atoms with E-state index in [-0.39, 0.29) is 0 Å². The van der Waals surface area contributed by atoms with Gasteiger partial charge in [-0.1, -0.05) is 5.16 Å².